The quantitative estimate of drug-likeness (QED) is 0.383. The Morgan fingerprint density at radius 3 is 2.34 bits per heavy atom. The van der Waals surface area contributed by atoms with Crippen LogP contribution in [0.15, 0.2) is 97.3 Å². The smallest absolute Gasteiger partial charge is 0.255 e. The zero-order valence-electron chi connectivity index (χ0n) is 17.7. The first-order valence-corrected chi connectivity index (χ1v) is 10.5. The summed E-state index contributed by atoms with van der Waals surface area (Å²) < 4.78 is 13.3. The fraction of sp³-hybridized carbons (Fsp3) is 0.154. The molecule has 162 valence electrons. The molecule has 0 spiro atoms. The first-order chi connectivity index (χ1) is 15.8. The molecule has 0 unspecified atom stereocenters. The van der Waals surface area contributed by atoms with Gasteiger partial charge in [-0.3, -0.25) is 9.48 Å². The third-order valence-electron chi connectivity index (χ3n) is 4.93. The van der Waals surface area contributed by atoms with Gasteiger partial charge in [-0.15, -0.1) is 0 Å². The Labute approximate surface area is 187 Å². The third-order valence-corrected chi connectivity index (χ3v) is 4.93. The third kappa shape index (κ3) is 5.76. The predicted molar refractivity (Wildman–Crippen MR) is 123 cm³/mol. The number of amides is 1. The molecular formula is C26H25N3O3. The fourth-order valence-corrected chi connectivity index (χ4v) is 3.33. The summed E-state index contributed by atoms with van der Waals surface area (Å²) in [6.07, 6.45) is 3.68. The van der Waals surface area contributed by atoms with E-state index in [0.717, 1.165) is 16.9 Å². The van der Waals surface area contributed by atoms with Gasteiger partial charge in [-0.1, -0.05) is 54.6 Å². The molecule has 1 N–H and O–H groups in total. The minimum atomic E-state index is -0.182. The molecule has 0 fully saturated rings. The maximum absolute atomic E-state index is 12.9. The Morgan fingerprint density at radius 1 is 0.812 bits per heavy atom. The molecule has 6 heteroatoms. The largest absolute Gasteiger partial charge is 0.490 e. The Hall–Kier alpha value is -4.06. The van der Waals surface area contributed by atoms with Crippen LogP contribution in [-0.4, -0.2) is 28.9 Å². The van der Waals surface area contributed by atoms with Gasteiger partial charge in [0.2, 0.25) is 0 Å². The van der Waals surface area contributed by atoms with Crippen molar-refractivity contribution in [3.05, 3.63) is 114 Å². The van der Waals surface area contributed by atoms with Gasteiger partial charge in [-0.2, -0.15) is 5.10 Å². The van der Waals surface area contributed by atoms with E-state index in [-0.39, 0.29) is 5.91 Å². The van der Waals surface area contributed by atoms with E-state index in [1.807, 2.05) is 83.7 Å². The van der Waals surface area contributed by atoms with Crippen LogP contribution in [0.5, 0.6) is 11.5 Å². The Balaban J connectivity index is 1.34. The summed E-state index contributed by atoms with van der Waals surface area (Å²) in [5.41, 5.74) is 2.65. The topological polar surface area (TPSA) is 65.4 Å². The normalized spacial score (nSPS) is 10.5. The monoisotopic (exact) mass is 427 g/mol. The maximum Gasteiger partial charge on any atom is 0.255 e. The van der Waals surface area contributed by atoms with E-state index in [1.54, 1.807) is 18.3 Å². The number of nitrogens with zero attached hydrogens (tertiary/aromatic N) is 2. The van der Waals surface area contributed by atoms with Crippen molar-refractivity contribution in [2.75, 3.05) is 13.2 Å². The van der Waals surface area contributed by atoms with Crippen LogP contribution in [0.3, 0.4) is 0 Å². The van der Waals surface area contributed by atoms with Crippen molar-refractivity contribution < 1.29 is 14.3 Å². The van der Waals surface area contributed by atoms with E-state index < -0.39 is 0 Å². The van der Waals surface area contributed by atoms with Crippen molar-refractivity contribution in [2.45, 2.75) is 13.1 Å². The molecule has 0 bridgehead atoms. The fourth-order valence-electron chi connectivity index (χ4n) is 3.33. The number of benzene rings is 3. The summed E-state index contributed by atoms with van der Waals surface area (Å²) in [7, 11) is 0. The van der Waals surface area contributed by atoms with Gasteiger partial charge in [0.1, 0.15) is 24.7 Å². The van der Waals surface area contributed by atoms with Crippen molar-refractivity contribution in [2.24, 2.45) is 0 Å². The second kappa shape index (κ2) is 10.8. The Morgan fingerprint density at radius 2 is 1.53 bits per heavy atom. The van der Waals surface area contributed by atoms with Crippen LogP contribution in [0.1, 0.15) is 21.5 Å². The number of aromatic nitrogens is 2. The van der Waals surface area contributed by atoms with Gasteiger partial charge in [0.05, 0.1) is 12.1 Å². The van der Waals surface area contributed by atoms with Crippen molar-refractivity contribution in [1.82, 2.24) is 15.1 Å². The van der Waals surface area contributed by atoms with Gasteiger partial charge >= 0.3 is 0 Å². The summed E-state index contributed by atoms with van der Waals surface area (Å²) in [5, 5.41) is 7.28. The van der Waals surface area contributed by atoms with Crippen LogP contribution in [0.4, 0.5) is 0 Å². The van der Waals surface area contributed by atoms with Gasteiger partial charge in [-0.05, 0) is 41.5 Å². The van der Waals surface area contributed by atoms with E-state index in [2.05, 4.69) is 10.4 Å². The lowest BCUT2D eigenvalue weighted by Crippen LogP contribution is -2.24. The van der Waals surface area contributed by atoms with Crippen molar-refractivity contribution >= 4 is 5.91 Å². The Bertz CT molecular complexity index is 1130. The van der Waals surface area contributed by atoms with Crippen molar-refractivity contribution in [3.8, 4) is 11.5 Å². The molecule has 0 saturated carbocycles. The van der Waals surface area contributed by atoms with Gasteiger partial charge in [-0.25, -0.2) is 0 Å². The first-order valence-electron chi connectivity index (χ1n) is 10.5. The first kappa shape index (κ1) is 21.2. The average Bonchev–Trinajstić information content (AvgIpc) is 3.35. The number of hydrogen-bond donors (Lipinski definition) is 1. The lowest BCUT2D eigenvalue weighted by Gasteiger charge is -2.14. The summed E-state index contributed by atoms with van der Waals surface area (Å²) in [6.45, 7) is 1.80. The number of para-hydroxylation sites is 2. The number of hydrogen-bond acceptors (Lipinski definition) is 4. The van der Waals surface area contributed by atoms with E-state index in [0.29, 0.717) is 37.6 Å². The number of carbonyl (C=O) groups is 1. The number of carbonyl (C=O) groups excluding carboxylic acids is 1. The molecule has 4 rings (SSSR count). The molecule has 0 radical (unpaired) electrons. The highest BCUT2D eigenvalue weighted by Gasteiger charge is 2.13. The van der Waals surface area contributed by atoms with Crippen molar-refractivity contribution in [1.29, 1.82) is 0 Å². The average molecular weight is 428 g/mol. The minimum absolute atomic E-state index is 0.182. The molecule has 3 aromatic carbocycles. The minimum Gasteiger partial charge on any atom is -0.490 e. The maximum atomic E-state index is 12.9. The van der Waals surface area contributed by atoms with Crippen LogP contribution in [0, 0.1) is 0 Å². The predicted octanol–water partition coefficient (Wildman–Crippen LogP) is 4.32. The molecular weight excluding hydrogens is 402 g/mol. The summed E-state index contributed by atoms with van der Waals surface area (Å²) in [5.74, 6) is 1.14. The van der Waals surface area contributed by atoms with Gasteiger partial charge in [0, 0.05) is 18.9 Å². The second-order valence-electron chi connectivity index (χ2n) is 7.16. The van der Waals surface area contributed by atoms with E-state index in [9.17, 15) is 4.79 Å². The molecule has 1 amide bonds. The van der Waals surface area contributed by atoms with Crippen LogP contribution in [-0.2, 0) is 13.1 Å². The molecule has 32 heavy (non-hydrogen) atoms. The summed E-state index contributed by atoms with van der Waals surface area (Å²) in [4.78, 5) is 12.9. The second-order valence-corrected chi connectivity index (χ2v) is 7.16. The molecule has 0 saturated heterocycles. The van der Waals surface area contributed by atoms with E-state index in [1.165, 1.54) is 0 Å². The number of ether oxygens (including phenoxy) is 2. The summed E-state index contributed by atoms with van der Waals surface area (Å²) in [6, 6.07) is 26.7. The van der Waals surface area contributed by atoms with Crippen LogP contribution < -0.4 is 14.8 Å². The van der Waals surface area contributed by atoms with Gasteiger partial charge in [0.15, 0.2) is 0 Å². The number of nitrogens with one attached hydrogen (secondary N) is 1. The zero-order chi connectivity index (χ0) is 22.0. The van der Waals surface area contributed by atoms with Crippen molar-refractivity contribution in [3.63, 3.8) is 0 Å². The van der Waals surface area contributed by atoms with Crippen LogP contribution in [0.2, 0.25) is 0 Å². The SMILES string of the molecule is O=C(NCc1ccccc1Cn1cccn1)c1ccccc1OCCOc1ccccc1. The molecule has 0 atom stereocenters. The molecule has 0 aliphatic heterocycles. The highest BCUT2D eigenvalue weighted by molar-refractivity contribution is 5.96. The molecule has 1 aromatic heterocycles. The van der Waals surface area contributed by atoms with Gasteiger partial charge in [0.25, 0.3) is 5.91 Å². The lowest BCUT2D eigenvalue weighted by atomic mass is 10.1. The van der Waals surface area contributed by atoms with Crippen LogP contribution in [0.25, 0.3) is 0 Å². The van der Waals surface area contributed by atoms with E-state index in [4.69, 9.17) is 9.47 Å². The molecule has 0 aliphatic rings. The summed E-state index contributed by atoms with van der Waals surface area (Å²) >= 11 is 0. The standard InChI is InChI=1S/C26H25N3O3/c30-26(27-19-21-9-4-5-10-22(21)20-29-16-8-15-28-29)24-13-6-7-14-25(24)32-18-17-31-23-11-2-1-3-12-23/h1-16H,17-20H2,(H,27,30). The molecule has 1 heterocycles. The van der Waals surface area contributed by atoms with Gasteiger partial charge < -0.3 is 14.8 Å². The van der Waals surface area contributed by atoms with Crippen LogP contribution >= 0.6 is 0 Å². The number of rotatable bonds is 10. The lowest BCUT2D eigenvalue weighted by molar-refractivity contribution is 0.0945. The highest BCUT2D eigenvalue weighted by atomic mass is 16.5. The zero-order valence-corrected chi connectivity index (χ0v) is 17.7. The molecule has 6 nitrogen and oxygen atoms in total. The Kier molecular flexibility index (Phi) is 7.16. The van der Waals surface area contributed by atoms with E-state index >= 15 is 0 Å². The molecule has 4 aromatic rings. The highest BCUT2D eigenvalue weighted by Crippen LogP contribution is 2.19. The molecule has 0 aliphatic carbocycles.